The molecule has 37 heavy (non-hydrogen) atoms. The van der Waals surface area contributed by atoms with Crippen molar-refractivity contribution >= 4 is 21.7 Å². The molecule has 8 nitrogen and oxygen atoms in total. The molecule has 1 heterocycles. The minimum absolute atomic E-state index is 0.0292. The van der Waals surface area contributed by atoms with Gasteiger partial charge in [0, 0.05) is 4.92 Å². The lowest BCUT2D eigenvalue weighted by molar-refractivity contribution is -0.531. The highest BCUT2D eigenvalue weighted by molar-refractivity contribution is 7.92. The first-order valence-electron chi connectivity index (χ1n) is 12.0. The fourth-order valence-corrected chi connectivity index (χ4v) is 6.51. The number of nitrogens with zero attached hydrogens (tertiary/aromatic N) is 2. The van der Waals surface area contributed by atoms with E-state index in [-0.39, 0.29) is 11.3 Å². The van der Waals surface area contributed by atoms with Crippen molar-refractivity contribution in [1.29, 1.82) is 0 Å². The molecular weight excluding hydrogens is 492 g/mol. The third kappa shape index (κ3) is 5.36. The molecule has 9 heteroatoms. The number of anilines is 1. The summed E-state index contributed by atoms with van der Waals surface area (Å²) in [5.41, 5.74) is 1.30. The number of nitro groups is 1. The van der Waals surface area contributed by atoms with Crippen LogP contribution in [0.4, 0.5) is 5.69 Å². The normalized spacial score (nSPS) is 19.7. The van der Waals surface area contributed by atoms with Crippen LogP contribution in [-0.2, 0) is 19.6 Å². The van der Waals surface area contributed by atoms with Gasteiger partial charge in [-0.15, -0.1) is 0 Å². The van der Waals surface area contributed by atoms with E-state index in [1.165, 1.54) is 12.1 Å². The molecule has 0 radical (unpaired) electrons. The molecule has 3 aromatic rings. The highest BCUT2D eigenvalue weighted by atomic mass is 32.2. The minimum atomic E-state index is -4.22. The summed E-state index contributed by atoms with van der Waals surface area (Å²) < 4.78 is 34.9. The van der Waals surface area contributed by atoms with Crippen LogP contribution < -0.4 is 4.31 Å². The second-order valence-corrected chi connectivity index (χ2v) is 12.0. The Morgan fingerprint density at radius 1 is 0.973 bits per heavy atom. The molecule has 0 saturated heterocycles. The van der Waals surface area contributed by atoms with E-state index in [0.29, 0.717) is 16.8 Å². The summed E-state index contributed by atoms with van der Waals surface area (Å²) >= 11 is 0. The largest absolute Gasteiger partial charge is 0.460 e. The zero-order valence-corrected chi connectivity index (χ0v) is 22.0. The van der Waals surface area contributed by atoms with Crippen molar-refractivity contribution in [3.8, 4) is 0 Å². The molecule has 4 rings (SSSR count). The van der Waals surface area contributed by atoms with Crippen LogP contribution >= 0.6 is 0 Å². The first kappa shape index (κ1) is 26.3. The molecule has 0 fully saturated rings. The topological polar surface area (TPSA) is 107 Å². The van der Waals surface area contributed by atoms with Crippen molar-refractivity contribution in [3.63, 3.8) is 0 Å². The number of sulfonamides is 1. The maximum absolute atomic E-state index is 14.1. The number of benzene rings is 3. The van der Waals surface area contributed by atoms with Crippen molar-refractivity contribution in [2.24, 2.45) is 0 Å². The van der Waals surface area contributed by atoms with Gasteiger partial charge in [-0.1, -0.05) is 66.2 Å². The monoisotopic (exact) mass is 522 g/mol. The van der Waals surface area contributed by atoms with E-state index in [1.807, 2.05) is 6.92 Å². The van der Waals surface area contributed by atoms with Gasteiger partial charge in [0.05, 0.1) is 22.9 Å². The van der Waals surface area contributed by atoms with Crippen LogP contribution in [0.25, 0.3) is 0 Å². The third-order valence-electron chi connectivity index (χ3n) is 6.33. The van der Waals surface area contributed by atoms with Crippen LogP contribution in [0.5, 0.6) is 0 Å². The fraction of sp³-hybridized carbons (Fsp3) is 0.321. The SMILES string of the molecule is Cc1ccc(S(=O)(=O)N2c3ccccc3[C@@H](CC(=O)OC(C)(C)C)[C@H]([N+](=O)[O-])[C@H]2c2ccccc2)cc1. The predicted octanol–water partition coefficient (Wildman–Crippen LogP) is 5.41. The Balaban J connectivity index is 1.96. The molecule has 0 aromatic heterocycles. The predicted molar refractivity (Wildman–Crippen MR) is 140 cm³/mol. The highest BCUT2D eigenvalue weighted by Crippen LogP contribution is 2.49. The van der Waals surface area contributed by atoms with Gasteiger partial charge in [0.15, 0.2) is 0 Å². The summed E-state index contributed by atoms with van der Waals surface area (Å²) in [6.45, 7) is 7.04. The van der Waals surface area contributed by atoms with E-state index >= 15 is 0 Å². The highest BCUT2D eigenvalue weighted by Gasteiger charge is 2.53. The van der Waals surface area contributed by atoms with Crippen molar-refractivity contribution in [2.45, 2.75) is 62.6 Å². The van der Waals surface area contributed by atoms with E-state index in [1.54, 1.807) is 87.5 Å². The quantitative estimate of drug-likeness (QED) is 0.244. The maximum Gasteiger partial charge on any atom is 0.307 e. The second kappa shape index (κ2) is 9.97. The van der Waals surface area contributed by atoms with Gasteiger partial charge >= 0.3 is 5.97 Å². The van der Waals surface area contributed by atoms with E-state index in [0.717, 1.165) is 9.87 Å². The van der Waals surface area contributed by atoms with Crippen LogP contribution in [0, 0.1) is 17.0 Å². The van der Waals surface area contributed by atoms with Gasteiger partial charge in [0.25, 0.3) is 10.0 Å². The summed E-state index contributed by atoms with van der Waals surface area (Å²) in [7, 11) is -4.22. The number of carbonyl (C=O) groups excluding carboxylic acids is 1. The van der Waals surface area contributed by atoms with Crippen molar-refractivity contribution < 1.29 is 22.9 Å². The molecule has 3 aromatic carbocycles. The number of para-hydroxylation sites is 1. The molecule has 0 aliphatic carbocycles. The Morgan fingerprint density at radius 3 is 2.16 bits per heavy atom. The number of hydrogen-bond donors (Lipinski definition) is 0. The minimum Gasteiger partial charge on any atom is -0.460 e. The molecule has 3 atom stereocenters. The number of fused-ring (bicyclic) bond motifs is 1. The fourth-order valence-electron chi connectivity index (χ4n) is 4.84. The number of hydrogen-bond acceptors (Lipinski definition) is 6. The standard InChI is InChI=1S/C28H30N2O6S/c1-19-14-16-21(17-15-19)37(34,35)29-24-13-9-8-12-22(24)23(18-25(31)36-28(2,3)4)27(30(32)33)26(29)20-10-6-5-7-11-20/h5-17,23,26-27H,18H2,1-4H3/t23-,26-,27+/m1/s1. The Morgan fingerprint density at radius 2 is 1.57 bits per heavy atom. The summed E-state index contributed by atoms with van der Waals surface area (Å²) in [5.74, 6) is -1.49. The van der Waals surface area contributed by atoms with Crippen LogP contribution in [0.1, 0.15) is 55.8 Å². The molecule has 0 amide bonds. The van der Waals surface area contributed by atoms with Crippen molar-refractivity contribution in [2.75, 3.05) is 4.31 Å². The van der Waals surface area contributed by atoms with E-state index < -0.39 is 44.5 Å². The lowest BCUT2D eigenvalue weighted by atomic mass is 9.78. The van der Waals surface area contributed by atoms with Crippen LogP contribution in [-0.4, -0.2) is 31.0 Å². The van der Waals surface area contributed by atoms with Crippen molar-refractivity contribution in [1.82, 2.24) is 0 Å². The van der Waals surface area contributed by atoms with E-state index in [9.17, 15) is 23.3 Å². The van der Waals surface area contributed by atoms with Gasteiger partial charge < -0.3 is 4.74 Å². The Hall–Kier alpha value is -3.72. The first-order chi connectivity index (χ1) is 17.4. The summed E-state index contributed by atoms with van der Waals surface area (Å²) in [5, 5.41) is 12.7. The second-order valence-electron chi connectivity index (χ2n) is 10.2. The van der Waals surface area contributed by atoms with Crippen LogP contribution in [0.15, 0.2) is 83.8 Å². The molecule has 0 saturated carbocycles. The lowest BCUT2D eigenvalue weighted by Gasteiger charge is -2.42. The maximum atomic E-state index is 14.1. The number of carbonyl (C=O) groups is 1. The number of aryl methyl sites for hydroxylation is 1. The number of esters is 1. The van der Waals surface area contributed by atoms with Gasteiger partial charge in [0.1, 0.15) is 11.6 Å². The van der Waals surface area contributed by atoms with Gasteiger partial charge in [-0.05, 0) is 57.0 Å². The van der Waals surface area contributed by atoms with Gasteiger partial charge in [-0.25, -0.2) is 8.42 Å². The summed E-state index contributed by atoms with van der Waals surface area (Å²) in [6.07, 6.45) is -0.262. The molecule has 1 aliphatic rings. The Kier molecular flexibility index (Phi) is 7.10. The Labute approximate surface area is 217 Å². The molecular formula is C28H30N2O6S. The summed E-state index contributed by atoms with van der Waals surface area (Å²) in [6, 6.07) is 19.0. The molecule has 0 spiro atoms. The lowest BCUT2D eigenvalue weighted by Crippen LogP contribution is -2.50. The molecule has 1 aliphatic heterocycles. The molecule has 0 unspecified atom stereocenters. The van der Waals surface area contributed by atoms with Crippen molar-refractivity contribution in [3.05, 3.63) is 106 Å². The van der Waals surface area contributed by atoms with E-state index in [4.69, 9.17) is 4.74 Å². The summed E-state index contributed by atoms with van der Waals surface area (Å²) in [4.78, 5) is 25.2. The Bertz CT molecular complexity index is 1400. The molecule has 0 bridgehead atoms. The van der Waals surface area contributed by atoms with Gasteiger partial charge in [-0.3, -0.25) is 19.2 Å². The molecule has 0 N–H and O–H groups in total. The molecule has 194 valence electrons. The van der Waals surface area contributed by atoms with Crippen LogP contribution in [0.3, 0.4) is 0 Å². The smallest absolute Gasteiger partial charge is 0.307 e. The third-order valence-corrected chi connectivity index (χ3v) is 8.14. The van der Waals surface area contributed by atoms with E-state index in [2.05, 4.69) is 0 Å². The average molecular weight is 523 g/mol. The first-order valence-corrected chi connectivity index (χ1v) is 13.4. The number of rotatable bonds is 6. The zero-order chi connectivity index (χ0) is 27.0. The zero-order valence-electron chi connectivity index (χ0n) is 21.2. The van der Waals surface area contributed by atoms with Gasteiger partial charge in [-0.2, -0.15) is 0 Å². The average Bonchev–Trinajstić information content (AvgIpc) is 2.83. The number of ether oxygens (including phenoxy) is 1. The van der Waals surface area contributed by atoms with Gasteiger partial charge in [0.2, 0.25) is 6.04 Å². The van der Waals surface area contributed by atoms with Crippen LogP contribution in [0.2, 0.25) is 0 Å².